The molecule has 0 N–H and O–H groups in total. The molecule has 6 heteroatoms. The predicted octanol–water partition coefficient (Wildman–Crippen LogP) is 5.88. The van der Waals surface area contributed by atoms with Gasteiger partial charge in [-0.1, -0.05) is 74.3 Å². The molecular formula is C10H40O4Ti2. The Balaban J connectivity index is -0.00000000123. The zero-order valence-corrected chi connectivity index (χ0v) is 5.76. The summed E-state index contributed by atoms with van der Waals surface area (Å²) in [5.74, 6) is 0. The van der Waals surface area contributed by atoms with Gasteiger partial charge in [0.15, 0.2) is 0 Å². The van der Waals surface area contributed by atoms with Gasteiger partial charge >= 0.3 is 51.5 Å². The number of hydrogen-bond donors (Lipinski definition) is 0. The molecule has 0 heterocycles. The fraction of sp³-hybridized carbons (Fsp3) is 1.00. The monoisotopic (exact) mass is 320 g/mol. The van der Waals surface area contributed by atoms with Crippen molar-refractivity contribution in [2.24, 2.45) is 0 Å². The van der Waals surface area contributed by atoms with Crippen molar-refractivity contribution in [1.82, 2.24) is 0 Å². The molecule has 0 atom stereocenters. The maximum absolute atomic E-state index is 8.50. The SMILES string of the molecule is C.C.C.C.C.C.C.C.C.C.[O]=[Ti]=[O].[O]=[Ti]=[O]. The van der Waals surface area contributed by atoms with E-state index in [2.05, 4.69) is 0 Å². The Kier molecular flexibility index (Phi) is 5740. The molecule has 0 aromatic heterocycles. The summed E-state index contributed by atoms with van der Waals surface area (Å²) in [6.07, 6.45) is 0. The molecule has 0 fully saturated rings. The van der Waals surface area contributed by atoms with Crippen LogP contribution in [0, 0.1) is 0 Å². The Morgan fingerprint density at radius 1 is 0.312 bits per heavy atom. The molecular weight excluding hydrogens is 280 g/mol. The van der Waals surface area contributed by atoms with Crippen LogP contribution in [-0.4, -0.2) is 0 Å². The molecule has 0 spiro atoms. The second-order valence-corrected chi connectivity index (χ2v) is 0.687. The molecule has 0 unspecified atom stereocenters. The first-order valence-electron chi connectivity index (χ1n) is 0.816. The Hall–Kier alpha value is 0.629. The summed E-state index contributed by atoms with van der Waals surface area (Å²) < 4.78 is 34.0. The average molecular weight is 320 g/mol. The topological polar surface area (TPSA) is 68.3 Å². The molecule has 0 aromatic rings. The van der Waals surface area contributed by atoms with Crippen LogP contribution in [0.5, 0.6) is 0 Å². The fourth-order valence-electron chi connectivity index (χ4n) is 0. The van der Waals surface area contributed by atoms with Gasteiger partial charge in [0, 0.05) is 0 Å². The van der Waals surface area contributed by atoms with Crippen LogP contribution in [-0.2, 0) is 51.5 Å². The van der Waals surface area contributed by atoms with E-state index in [0.29, 0.717) is 0 Å². The van der Waals surface area contributed by atoms with Gasteiger partial charge in [0.25, 0.3) is 0 Å². The van der Waals surface area contributed by atoms with Gasteiger partial charge in [-0.15, -0.1) is 0 Å². The van der Waals surface area contributed by atoms with E-state index >= 15 is 0 Å². The summed E-state index contributed by atoms with van der Waals surface area (Å²) in [4.78, 5) is 0. The van der Waals surface area contributed by atoms with Gasteiger partial charge in [0.1, 0.15) is 0 Å². The van der Waals surface area contributed by atoms with Crippen molar-refractivity contribution in [1.29, 1.82) is 0 Å². The Bertz CT molecular complexity index is 74.8. The molecule has 0 radical (unpaired) electrons. The third kappa shape index (κ3) is 6880. The van der Waals surface area contributed by atoms with Crippen molar-refractivity contribution >= 4 is 0 Å². The van der Waals surface area contributed by atoms with Crippen LogP contribution in [0.3, 0.4) is 0 Å². The molecule has 0 aromatic carbocycles. The minimum absolute atomic E-state index is 0. The fourth-order valence-corrected chi connectivity index (χ4v) is 0. The molecule has 0 saturated carbocycles. The van der Waals surface area contributed by atoms with Crippen molar-refractivity contribution in [2.75, 3.05) is 0 Å². The second kappa shape index (κ2) is 484. The summed E-state index contributed by atoms with van der Waals surface area (Å²) in [5, 5.41) is 0. The molecule has 0 amide bonds. The van der Waals surface area contributed by atoms with E-state index in [1.165, 1.54) is 0 Å². The van der Waals surface area contributed by atoms with E-state index in [9.17, 15) is 0 Å². The first kappa shape index (κ1) is 190. The van der Waals surface area contributed by atoms with Crippen LogP contribution in [0.15, 0.2) is 0 Å². The van der Waals surface area contributed by atoms with Crippen molar-refractivity contribution < 1.29 is 51.5 Å². The Morgan fingerprint density at radius 3 is 0.312 bits per heavy atom. The van der Waals surface area contributed by atoms with E-state index in [-0.39, 0.29) is 74.3 Å². The zero-order chi connectivity index (χ0) is 5.41. The maximum atomic E-state index is 8.50. The van der Waals surface area contributed by atoms with Gasteiger partial charge in [-0.2, -0.15) is 0 Å². The Morgan fingerprint density at radius 2 is 0.312 bits per heavy atom. The summed E-state index contributed by atoms with van der Waals surface area (Å²) >= 11 is -4.00. The van der Waals surface area contributed by atoms with Crippen LogP contribution in [0.1, 0.15) is 74.3 Å². The standard InChI is InChI=1S/10CH4.4O.2Ti/h10*1H4;;;;;;. The first-order chi connectivity index (χ1) is 2.83. The first-order valence-corrected chi connectivity index (χ1v) is 3.37. The van der Waals surface area contributed by atoms with Gasteiger partial charge in [-0.05, 0) is 0 Å². The van der Waals surface area contributed by atoms with Crippen molar-refractivity contribution in [3.8, 4) is 0 Å². The molecule has 0 rings (SSSR count). The van der Waals surface area contributed by atoms with E-state index in [1.54, 1.807) is 0 Å². The zero-order valence-electron chi connectivity index (χ0n) is 2.63. The quantitative estimate of drug-likeness (QED) is 0.523. The molecule has 112 valence electrons. The van der Waals surface area contributed by atoms with Crippen LogP contribution in [0.4, 0.5) is 0 Å². The van der Waals surface area contributed by atoms with Crippen LogP contribution >= 0.6 is 0 Å². The van der Waals surface area contributed by atoms with E-state index in [0.717, 1.165) is 0 Å². The Labute approximate surface area is 125 Å². The van der Waals surface area contributed by atoms with E-state index < -0.39 is 38.2 Å². The van der Waals surface area contributed by atoms with E-state index in [4.69, 9.17) is 13.3 Å². The number of hydrogen-bond acceptors (Lipinski definition) is 4. The van der Waals surface area contributed by atoms with Gasteiger partial charge in [-0.25, -0.2) is 0 Å². The van der Waals surface area contributed by atoms with Gasteiger partial charge in [0.2, 0.25) is 0 Å². The molecule has 0 bridgehead atoms. The van der Waals surface area contributed by atoms with Crippen molar-refractivity contribution in [2.45, 2.75) is 74.3 Å². The van der Waals surface area contributed by atoms with Crippen molar-refractivity contribution in [3.63, 3.8) is 0 Å². The molecule has 0 aliphatic rings. The normalized spacial score (nSPS) is 1.00. The summed E-state index contributed by atoms with van der Waals surface area (Å²) in [6, 6.07) is 0. The second-order valence-electron chi connectivity index (χ2n) is 0.167. The predicted molar refractivity (Wildman–Crippen MR) is 70.1 cm³/mol. The van der Waals surface area contributed by atoms with Gasteiger partial charge in [0.05, 0.1) is 0 Å². The van der Waals surface area contributed by atoms with Crippen LogP contribution in [0.25, 0.3) is 0 Å². The molecule has 0 aliphatic carbocycles. The minimum atomic E-state index is -2.00. The number of rotatable bonds is 0. The van der Waals surface area contributed by atoms with Crippen LogP contribution in [0.2, 0.25) is 0 Å². The molecule has 4 nitrogen and oxygen atoms in total. The van der Waals surface area contributed by atoms with E-state index in [1.807, 2.05) is 0 Å². The van der Waals surface area contributed by atoms with Crippen molar-refractivity contribution in [3.05, 3.63) is 0 Å². The summed E-state index contributed by atoms with van der Waals surface area (Å²) in [7, 11) is 0. The average Bonchev–Trinajstić information content (AvgIpc) is 1.39. The van der Waals surface area contributed by atoms with Gasteiger partial charge in [-0.3, -0.25) is 0 Å². The van der Waals surface area contributed by atoms with Gasteiger partial charge < -0.3 is 0 Å². The third-order valence-electron chi connectivity index (χ3n) is 0. The molecule has 0 saturated heterocycles. The summed E-state index contributed by atoms with van der Waals surface area (Å²) in [5.41, 5.74) is 0. The molecule has 0 aliphatic heterocycles. The molecule has 16 heavy (non-hydrogen) atoms. The summed E-state index contributed by atoms with van der Waals surface area (Å²) in [6.45, 7) is 0. The van der Waals surface area contributed by atoms with Crippen LogP contribution < -0.4 is 0 Å². The third-order valence-corrected chi connectivity index (χ3v) is 0.